The average Bonchev–Trinajstić information content (AvgIpc) is 3.88. The van der Waals surface area contributed by atoms with Gasteiger partial charge in [0, 0.05) is 53.3 Å². The van der Waals surface area contributed by atoms with Gasteiger partial charge in [0.2, 0.25) is 0 Å². The molecule has 0 amide bonds. The first-order chi connectivity index (χ1) is 30.7. The van der Waals surface area contributed by atoms with Crippen LogP contribution in [0, 0.1) is 0 Å². The summed E-state index contributed by atoms with van der Waals surface area (Å²) >= 11 is 1.85. The van der Waals surface area contributed by atoms with Crippen LogP contribution in [0.15, 0.2) is 218 Å². The van der Waals surface area contributed by atoms with Crippen LogP contribution in [0.25, 0.3) is 115 Å². The van der Waals surface area contributed by atoms with Crippen LogP contribution in [0.3, 0.4) is 0 Å². The molecular formula is C57H36N4S. The molecule has 0 saturated carbocycles. The summed E-state index contributed by atoms with van der Waals surface area (Å²) in [6.07, 6.45) is 0. The lowest BCUT2D eigenvalue weighted by molar-refractivity contribution is 1.07. The van der Waals surface area contributed by atoms with Crippen LogP contribution in [-0.2, 0) is 0 Å². The standard InChI is InChI=1S/C57H36N4S/c1-5-17-37(18-6-1)43-25-13-14-26-44(43)40-29-31-45(50(33-40)57-59-55(38-19-7-2-8-20-38)58-56(60-57)39-21-9-3-10-22-39)41-30-32-47-49-35-52-48(36-54(49)62-53(47)34-41)46-27-15-16-28-51(46)61(52)42-23-11-4-12-24-42/h1-36H. The quantitative estimate of drug-likeness (QED) is 0.161. The first-order valence-corrected chi connectivity index (χ1v) is 21.7. The van der Waals surface area contributed by atoms with Crippen molar-refractivity contribution in [3.05, 3.63) is 218 Å². The molecule has 0 aliphatic rings. The van der Waals surface area contributed by atoms with Crippen molar-refractivity contribution in [1.82, 2.24) is 19.5 Å². The highest BCUT2D eigenvalue weighted by molar-refractivity contribution is 7.26. The monoisotopic (exact) mass is 808 g/mol. The summed E-state index contributed by atoms with van der Waals surface area (Å²) in [4.78, 5) is 15.6. The van der Waals surface area contributed by atoms with Gasteiger partial charge < -0.3 is 4.57 Å². The van der Waals surface area contributed by atoms with Gasteiger partial charge in [-0.2, -0.15) is 0 Å². The molecule has 0 saturated heterocycles. The van der Waals surface area contributed by atoms with E-state index in [1.165, 1.54) is 53.1 Å². The van der Waals surface area contributed by atoms with Crippen LogP contribution < -0.4 is 0 Å². The van der Waals surface area contributed by atoms with Gasteiger partial charge in [0.1, 0.15) is 0 Å². The lowest BCUT2D eigenvalue weighted by atomic mass is 9.90. The number of rotatable bonds is 7. The Bertz CT molecular complexity index is 3560. The molecule has 0 bridgehead atoms. The van der Waals surface area contributed by atoms with Crippen LogP contribution in [0.1, 0.15) is 0 Å². The molecule has 3 heterocycles. The van der Waals surface area contributed by atoms with Gasteiger partial charge in [-0.3, -0.25) is 0 Å². The van der Waals surface area contributed by atoms with Crippen LogP contribution in [-0.4, -0.2) is 19.5 Å². The second-order valence-electron chi connectivity index (χ2n) is 15.6. The smallest absolute Gasteiger partial charge is 0.164 e. The third-order valence-electron chi connectivity index (χ3n) is 11.9. The van der Waals surface area contributed by atoms with E-state index in [0.29, 0.717) is 17.5 Å². The van der Waals surface area contributed by atoms with Gasteiger partial charge in [0.05, 0.1) is 11.0 Å². The van der Waals surface area contributed by atoms with Gasteiger partial charge in [0.25, 0.3) is 0 Å². The van der Waals surface area contributed by atoms with Gasteiger partial charge in [-0.25, -0.2) is 15.0 Å². The molecule has 0 aliphatic heterocycles. The fourth-order valence-corrected chi connectivity index (χ4v) is 10.1. The average molecular weight is 809 g/mol. The second kappa shape index (κ2) is 14.9. The van der Waals surface area contributed by atoms with E-state index in [2.05, 4.69) is 187 Å². The van der Waals surface area contributed by atoms with Crippen LogP contribution >= 0.6 is 11.3 Å². The van der Waals surface area contributed by atoms with Crippen molar-refractivity contribution in [1.29, 1.82) is 0 Å². The molecule has 0 fully saturated rings. The largest absolute Gasteiger partial charge is 0.309 e. The Labute approximate surface area is 362 Å². The highest BCUT2D eigenvalue weighted by atomic mass is 32.1. The van der Waals surface area contributed by atoms with E-state index in [4.69, 9.17) is 15.0 Å². The highest BCUT2D eigenvalue weighted by Gasteiger charge is 2.20. The van der Waals surface area contributed by atoms with E-state index in [-0.39, 0.29) is 0 Å². The lowest BCUT2D eigenvalue weighted by Gasteiger charge is -2.16. The van der Waals surface area contributed by atoms with Crippen molar-refractivity contribution < 1.29 is 0 Å². The molecule has 5 heteroatoms. The molecule has 3 aromatic heterocycles. The topological polar surface area (TPSA) is 43.6 Å². The predicted octanol–water partition coefficient (Wildman–Crippen LogP) is 15.3. The molecule has 12 aromatic rings. The maximum atomic E-state index is 5.26. The summed E-state index contributed by atoms with van der Waals surface area (Å²) in [6, 6.07) is 77.5. The van der Waals surface area contributed by atoms with Gasteiger partial charge in [-0.15, -0.1) is 11.3 Å². The molecule has 12 rings (SSSR count). The van der Waals surface area contributed by atoms with Crippen molar-refractivity contribution in [3.8, 4) is 73.2 Å². The fourth-order valence-electron chi connectivity index (χ4n) is 8.94. The first-order valence-electron chi connectivity index (χ1n) is 20.8. The number of nitrogens with zero attached hydrogens (tertiary/aromatic N) is 4. The third kappa shape index (κ3) is 6.18. The maximum Gasteiger partial charge on any atom is 0.164 e. The molecule has 290 valence electrons. The van der Waals surface area contributed by atoms with Crippen molar-refractivity contribution in [2.24, 2.45) is 0 Å². The highest BCUT2D eigenvalue weighted by Crippen LogP contribution is 2.44. The van der Waals surface area contributed by atoms with Crippen molar-refractivity contribution in [2.75, 3.05) is 0 Å². The van der Waals surface area contributed by atoms with Crippen LogP contribution in [0.2, 0.25) is 0 Å². The summed E-state index contributed by atoms with van der Waals surface area (Å²) in [5.74, 6) is 1.89. The molecule has 0 N–H and O–H groups in total. The summed E-state index contributed by atoms with van der Waals surface area (Å²) in [5.41, 5.74) is 13.1. The number of benzene rings is 9. The maximum absolute atomic E-state index is 5.26. The van der Waals surface area contributed by atoms with Gasteiger partial charge in [-0.05, 0) is 75.8 Å². The van der Waals surface area contributed by atoms with E-state index >= 15 is 0 Å². The Morgan fingerprint density at radius 1 is 0.290 bits per heavy atom. The van der Waals surface area contributed by atoms with E-state index < -0.39 is 0 Å². The van der Waals surface area contributed by atoms with E-state index in [1.807, 2.05) is 47.7 Å². The predicted molar refractivity (Wildman–Crippen MR) is 260 cm³/mol. The Morgan fingerprint density at radius 3 is 1.50 bits per heavy atom. The number of aromatic nitrogens is 4. The van der Waals surface area contributed by atoms with Gasteiger partial charge in [0.15, 0.2) is 17.5 Å². The number of fused-ring (bicyclic) bond motifs is 6. The Hall–Kier alpha value is -7.99. The summed E-state index contributed by atoms with van der Waals surface area (Å²) in [5, 5.41) is 5.02. The minimum atomic E-state index is 0.624. The zero-order valence-corrected chi connectivity index (χ0v) is 34.3. The number of thiophene rings is 1. The SMILES string of the molecule is c1ccc(-c2nc(-c3ccccc3)nc(-c3cc(-c4ccccc4-c4ccccc4)ccc3-c3ccc4c(c3)sc3cc5c6ccccc6n(-c6ccccc6)c5cc34)n2)cc1. The minimum absolute atomic E-state index is 0.624. The van der Waals surface area contributed by atoms with Crippen LogP contribution in [0.5, 0.6) is 0 Å². The minimum Gasteiger partial charge on any atom is -0.309 e. The van der Waals surface area contributed by atoms with Crippen molar-refractivity contribution in [3.63, 3.8) is 0 Å². The molecular weight excluding hydrogens is 773 g/mol. The normalized spacial score (nSPS) is 11.5. The van der Waals surface area contributed by atoms with E-state index in [9.17, 15) is 0 Å². The molecule has 9 aromatic carbocycles. The third-order valence-corrected chi connectivity index (χ3v) is 13.0. The van der Waals surface area contributed by atoms with Gasteiger partial charge >= 0.3 is 0 Å². The molecule has 0 aliphatic carbocycles. The molecule has 62 heavy (non-hydrogen) atoms. The fraction of sp³-hybridized carbons (Fsp3) is 0. The summed E-state index contributed by atoms with van der Waals surface area (Å²) < 4.78 is 4.90. The van der Waals surface area contributed by atoms with Crippen molar-refractivity contribution >= 4 is 53.3 Å². The summed E-state index contributed by atoms with van der Waals surface area (Å²) in [7, 11) is 0. The second-order valence-corrected chi connectivity index (χ2v) is 16.7. The molecule has 0 radical (unpaired) electrons. The molecule has 0 unspecified atom stereocenters. The van der Waals surface area contributed by atoms with Crippen LogP contribution in [0.4, 0.5) is 0 Å². The molecule has 4 nitrogen and oxygen atoms in total. The Kier molecular flexibility index (Phi) is 8.65. The molecule has 0 atom stereocenters. The zero-order valence-electron chi connectivity index (χ0n) is 33.5. The van der Waals surface area contributed by atoms with E-state index in [0.717, 1.165) is 44.6 Å². The Balaban J connectivity index is 1.08. The number of hydrogen-bond acceptors (Lipinski definition) is 4. The van der Waals surface area contributed by atoms with Crippen molar-refractivity contribution in [2.45, 2.75) is 0 Å². The zero-order chi connectivity index (χ0) is 41.0. The Morgan fingerprint density at radius 2 is 0.806 bits per heavy atom. The first kappa shape index (κ1) is 35.9. The number of hydrogen-bond donors (Lipinski definition) is 0. The van der Waals surface area contributed by atoms with E-state index in [1.54, 1.807) is 0 Å². The lowest BCUT2D eigenvalue weighted by Crippen LogP contribution is -2.01. The molecule has 0 spiro atoms. The summed E-state index contributed by atoms with van der Waals surface area (Å²) in [6.45, 7) is 0. The number of para-hydroxylation sites is 2. The van der Waals surface area contributed by atoms with Gasteiger partial charge in [-0.1, -0.05) is 176 Å².